The van der Waals surface area contributed by atoms with Crippen molar-refractivity contribution >= 4 is 33.6 Å². The van der Waals surface area contributed by atoms with E-state index >= 15 is 0 Å². The molecule has 0 aromatic carbocycles. The van der Waals surface area contributed by atoms with Gasteiger partial charge in [-0.1, -0.05) is 15.9 Å². The minimum Gasteiger partial charge on any atom is -0.395 e. The summed E-state index contributed by atoms with van der Waals surface area (Å²) in [6.45, 7) is 2.03. The Hall–Kier alpha value is 0.260. The normalized spacial score (nSPS) is 22.7. The second kappa shape index (κ2) is 5.55. The number of halogens is 1. The number of hydrogen-bond acceptors (Lipinski definition) is 3. The molecule has 0 heterocycles. The molecule has 1 fully saturated rings. The molecule has 1 saturated carbocycles. The minimum absolute atomic E-state index is 0.00697. The van der Waals surface area contributed by atoms with E-state index in [9.17, 15) is 4.79 Å². The number of carbonyl (C=O) groups is 1. The van der Waals surface area contributed by atoms with Gasteiger partial charge in [0.15, 0.2) is 0 Å². The molecule has 2 N–H and O–H groups in total. The summed E-state index contributed by atoms with van der Waals surface area (Å²) in [6, 6.07) is 0.00697. The van der Waals surface area contributed by atoms with E-state index in [2.05, 4.69) is 21.2 Å². The van der Waals surface area contributed by atoms with E-state index in [-0.39, 0.29) is 28.1 Å². The van der Waals surface area contributed by atoms with Crippen molar-refractivity contribution in [2.45, 2.75) is 41.8 Å². The lowest BCUT2D eigenvalue weighted by Crippen LogP contribution is -2.52. The first-order valence-electron chi connectivity index (χ1n) is 5.17. The molecule has 0 aromatic heterocycles. The van der Waals surface area contributed by atoms with E-state index in [4.69, 9.17) is 5.11 Å². The van der Waals surface area contributed by atoms with Crippen molar-refractivity contribution in [1.82, 2.24) is 5.32 Å². The fraction of sp³-hybridized carbons (Fsp3) is 0.900. The van der Waals surface area contributed by atoms with Crippen LogP contribution in [-0.2, 0) is 4.79 Å². The number of nitrogens with one attached hydrogen (secondary N) is 1. The van der Waals surface area contributed by atoms with Gasteiger partial charge in [0.1, 0.15) is 4.32 Å². The summed E-state index contributed by atoms with van der Waals surface area (Å²) in [4.78, 5) is 11.8. The first kappa shape index (κ1) is 13.3. The lowest BCUT2D eigenvalue weighted by Gasteiger charge is -2.36. The molecule has 0 aliphatic heterocycles. The Kier molecular flexibility index (Phi) is 4.93. The molecular formula is C10H18BrNO2S. The van der Waals surface area contributed by atoms with E-state index in [1.807, 2.05) is 13.2 Å². The zero-order chi connectivity index (χ0) is 11.5. The first-order chi connectivity index (χ1) is 7.03. The number of aliphatic hydroxyl groups excluding tert-OH is 1. The number of alkyl halides is 1. The van der Waals surface area contributed by atoms with Gasteiger partial charge in [0, 0.05) is 11.3 Å². The number of aliphatic hydroxyl groups is 1. The van der Waals surface area contributed by atoms with Crippen molar-refractivity contribution in [2.24, 2.45) is 0 Å². The Bertz CT molecular complexity index is 229. The Morgan fingerprint density at radius 3 is 2.60 bits per heavy atom. The standard InChI is InChI=1S/C10H18BrNO2S/c1-7(8(6-13)15-2)12-9(14)10(11)4-3-5-10/h7-8,13H,3-6H2,1-2H3,(H,12,14). The number of carbonyl (C=O) groups excluding carboxylic acids is 1. The molecule has 2 unspecified atom stereocenters. The van der Waals surface area contributed by atoms with Crippen molar-refractivity contribution in [1.29, 1.82) is 0 Å². The molecule has 0 radical (unpaired) electrons. The summed E-state index contributed by atoms with van der Waals surface area (Å²) in [6.07, 6.45) is 4.87. The largest absolute Gasteiger partial charge is 0.395 e. The van der Waals surface area contributed by atoms with E-state index in [1.165, 1.54) is 0 Å². The summed E-state index contributed by atoms with van der Waals surface area (Å²) in [5, 5.41) is 12.1. The molecule has 88 valence electrons. The summed E-state index contributed by atoms with van der Waals surface area (Å²) in [7, 11) is 0. The van der Waals surface area contributed by atoms with Gasteiger partial charge in [0.25, 0.3) is 0 Å². The molecule has 1 amide bonds. The SMILES string of the molecule is CSC(CO)C(C)NC(=O)C1(Br)CCC1. The van der Waals surface area contributed by atoms with Gasteiger partial charge in [-0.05, 0) is 32.4 Å². The van der Waals surface area contributed by atoms with Crippen LogP contribution in [0.4, 0.5) is 0 Å². The Morgan fingerprint density at radius 2 is 2.27 bits per heavy atom. The van der Waals surface area contributed by atoms with Crippen molar-refractivity contribution in [3.05, 3.63) is 0 Å². The zero-order valence-corrected chi connectivity index (χ0v) is 11.5. The van der Waals surface area contributed by atoms with Crippen LogP contribution in [0.25, 0.3) is 0 Å². The number of rotatable bonds is 5. The highest BCUT2D eigenvalue weighted by atomic mass is 79.9. The highest BCUT2D eigenvalue weighted by Gasteiger charge is 2.42. The monoisotopic (exact) mass is 295 g/mol. The maximum Gasteiger partial charge on any atom is 0.237 e. The van der Waals surface area contributed by atoms with Crippen molar-refractivity contribution in [2.75, 3.05) is 12.9 Å². The van der Waals surface area contributed by atoms with E-state index in [1.54, 1.807) is 11.8 Å². The molecule has 2 atom stereocenters. The van der Waals surface area contributed by atoms with Crippen LogP contribution in [0.5, 0.6) is 0 Å². The highest BCUT2D eigenvalue weighted by molar-refractivity contribution is 9.10. The predicted molar refractivity (Wildman–Crippen MR) is 67.5 cm³/mol. The van der Waals surface area contributed by atoms with Crippen molar-refractivity contribution in [3.8, 4) is 0 Å². The third-order valence-electron chi connectivity index (χ3n) is 2.95. The Balaban J connectivity index is 2.43. The molecule has 1 rings (SSSR count). The molecule has 1 aliphatic rings. The van der Waals surface area contributed by atoms with Crippen LogP contribution in [0.3, 0.4) is 0 Å². The Labute approximate surface area is 104 Å². The summed E-state index contributed by atoms with van der Waals surface area (Å²) in [5.74, 6) is 0.0637. The number of amides is 1. The first-order valence-corrected chi connectivity index (χ1v) is 7.25. The van der Waals surface area contributed by atoms with Crippen molar-refractivity contribution < 1.29 is 9.90 Å². The van der Waals surface area contributed by atoms with Crippen LogP contribution in [0, 0.1) is 0 Å². The van der Waals surface area contributed by atoms with Crippen molar-refractivity contribution in [3.63, 3.8) is 0 Å². The lowest BCUT2D eigenvalue weighted by molar-refractivity contribution is -0.125. The molecule has 0 bridgehead atoms. The van der Waals surface area contributed by atoms with Crippen LogP contribution < -0.4 is 5.32 Å². The van der Waals surface area contributed by atoms with Crippen LogP contribution in [-0.4, -0.2) is 39.5 Å². The molecule has 5 heteroatoms. The van der Waals surface area contributed by atoms with Crippen LogP contribution in [0.15, 0.2) is 0 Å². The molecule has 0 aromatic rings. The highest BCUT2D eigenvalue weighted by Crippen LogP contribution is 2.40. The Morgan fingerprint density at radius 1 is 1.67 bits per heavy atom. The molecule has 3 nitrogen and oxygen atoms in total. The van der Waals surface area contributed by atoms with Crippen LogP contribution in [0.1, 0.15) is 26.2 Å². The average Bonchev–Trinajstić information content (AvgIpc) is 2.15. The maximum absolute atomic E-state index is 11.8. The third kappa shape index (κ3) is 3.11. The van der Waals surface area contributed by atoms with Gasteiger partial charge in [0.05, 0.1) is 6.61 Å². The van der Waals surface area contributed by atoms with Gasteiger partial charge in [-0.3, -0.25) is 4.79 Å². The molecule has 1 aliphatic carbocycles. The number of hydrogen-bond donors (Lipinski definition) is 2. The maximum atomic E-state index is 11.8. The fourth-order valence-corrected chi connectivity index (χ4v) is 2.88. The van der Waals surface area contributed by atoms with Crippen LogP contribution >= 0.6 is 27.7 Å². The van der Waals surface area contributed by atoms with Gasteiger partial charge in [-0.2, -0.15) is 11.8 Å². The van der Waals surface area contributed by atoms with E-state index in [0.29, 0.717) is 0 Å². The zero-order valence-electron chi connectivity index (χ0n) is 9.12. The van der Waals surface area contributed by atoms with E-state index < -0.39 is 0 Å². The molecule has 0 saturated heterocycles. The van der Waals surface area contributed by atoms with Gasteiger partial charge < -0.3 is 10.4 Å². The van der Waals surface area contributed by atoms with Gasteiger partial charge in [0.2, 0.25) is 5.91 Å². The van der Waals surface area contributed by atoms with Gasteiger partial charge >= 0.3 is 0 Å². The van der Waals surface area contributed by atoms with Crippen LogP contribution in [0.2, 0.25) is 0 Å². The summed E-state index contributed by atoms with van der Waals surface area (Å²) in [5.41, 5.74) is 0. The van der Waals surface area contributed by atoms with E-state index in [0.717, 1.165) is 19.3 Å². The molecule has 0 spiro atoms. The lowest BCUT2D eigenvalue weighted by atomic mass is 9.84. The summed E-state index contributed by atoms with van der Waals surface area (Å²) < 4.78 is -0.334. The topological polar surface area (TPSA) is 49.3 Å². The van der Waals surface area contributed by atoms with Gasteiger partial charge in [-0.25, -0.2) is 0 Å². The fourth-order valence-electron chi connectivity index (χ4n) is 1.58. The molecule has 15 heavy (non-hydrogen) atoms. The smallest absolute Gasteiger partial charge is 0.237 e. The predicted octanol–water partition coefficient (Wildman–Crippen LogP) is 1.53. The molecular weight excluding hydrogens is 278 g/mol. The summed E-state index contributed by atoms with van der Waals surface area (Å²) >= 11 is 5.05. The second-order valence-corrected chi connectivity index (χ2v) is 6.63. The second-order valence-electron chi connectivity index (χ2n) is 4.04. The van der Waals surface area contributed by atoms with Gasteiger partial charge in [-0.15, -0.1) is 0 Å². The number of thioether (sulfide) groups is 1. The third-order valence-corrected chi connectivity index (χ3v) is 5.27. The minimum atomic E-state index is -0.334. The quantitative estimate of drug-likeness (QED) is 0.757. The average molecular weight is 296 g/mol.